The maximum atomic E-state index is 12.6. The van der Waals surface area contributed by atoms with Gasteiger partial charge in [0.15, 0.2) is 5.78 Å². The van der Waals surface area contributed by atoms with Gasteiger partial charge in [-0.2, -0.15) is 10.5 Å². The van der Waals surface area contributed by atoms with Crippen LogP contribution in [0.3, 0.4) is 0 Å². The molecule has 2 aromatic rings. The molecule has 0 saturated carbocycles. The number of thiophene rings is 1. The highest BCUT2D eigenvalue weighted by Crippen LogP contribution is 2.35. The zero-order valence-corrected chi connectivity index (χ0v) is 11.9. The number of nitriles is 2. The lowest BCUT2D eigenvalue weighted by Gasteiger charge is -2.12. The SMILES string of the molecule is CN(C)c1sc(C#N)c(C#N)c1C(=O)c1ccccc1. The van der Waals surface area contributed by atoms with Crippen molar-refractivity contribution in [2.75, 3.05) is 19.0 Å². The molecule has 0 saturated heterocycles. The van der Waals surface area contributed by atoms with Gasteiger partial charge in [-0.15, -0.1) is 11.3 Å². The zero-order chi connectivity index (χ0) is 14.7. The quantitative estimate of drug-likeness (QED) is 0.811. The number of rotatable bonds is 3. The maximum absolute atomic E-state index is 12.6. The first-order valence-electron chi connectivity index (χ1n) is 5.84. The summed E-state index contributed by atoms with van der Waals surface area (Å²) in [7, 11) is 3.58. The molecule has 2 rings (SSSR count). The van der Waals surface area contributed by atoms with Gasteiger partial charge in [-0.3, -0.25) is 4.79 Å². The molecule has 0 aliphatic heterocycles. The molecule has 0 unspecified atom stereocenters. The summed E-state index contributed by atoms with van der Waals surface area (Å²) in [5.74, 6) is -0.233. The number of anilines is 1. The van der Waals surface area contributed by atoms with Crippen LogP contribution in [0.1, 0.15) is 26.4 Å². The van der Waals surface area contributed by atoms with E-state index in [1.54, 1.807) is 43.3 Å². The molecule has 1 aromatic heterocycles. The van der Waals surface area contributed by atoms with Crippen LogP contribution in [0.25, 0.3) is 0 Å². The Kier molecular flexibility index (Phi) is 3.84. The van der Waals surface area contributed by atoms with Gasteiger partial charge in [0, 0.05) is 19.7 Å². The smallest absolute Gasteiger partial charge is 0.197 e. The fourth-order valence-corrected chi connectivity index (χ4v) is 2.83. The number of carbonyl (C=O) groups is 1. The van der Waals surface area contributed by atoms with E-state index < -0.39 is 0 Å². The molecular formula is C15H11N3OS. The third-order valence-corrected chi connectivity index (χ3v) is 4.03. The molecule has 0 aliphatic carbocycles. The van der Waals surface area contributed by atoms with Crippen molar-refractivity contribution in [3.8, 4) is 12.1 Å². The van der Waals surface area contributed by atoms with Gasteiger partial charge in [0.2, 0.25) is 0 Å². The number of hydrogen-bond donors (Lipinski definition) is 0. The van der Waals surface area contributed by atoms with Crippen molar-refractivity contribution in [2.24, 2.45) is 0 Å². The molecule has 20 heavy (non-hydrogen) atoms. The summed E-state index contributed by atoms with van der Waals surface area (Å²) in [6.45, 7) is 0. The lowest BCUT2D eigenvalue weighted by molar-refractivity contribution is 0.103. The Bertz CT molecular complexity index is 733. The maximum Gasteiger partial charge on any atom is 0.197 e. The van der Waals surface area contributed by atoms with E-state index in [9.17, 15) is 10.1 Å². The zero-order valence-electron chi connectivity index (χ0n) is 11.0. The lowest BCUT2D eigenvalue weighted by atomic mass is 10.0. The summed E-state index contributed by atoms with van der Waals surface area (Å²) >= 11 is 1.16. The third kappa shape index (κ3) is 2.27. The Labute approximate surface area is 121 Å². The van der Waals surface area contributed by atoms with Crippen molar-refractivity contribution in [1.29, 1.82) is 10.5 Å². The standard InChI is InChI=1S/C15H11N3OS/c1-18(2)15-13(11(8-16)12(9-17)20-15)14(19)10-6-4-3-5-7-10/h3-7H,1-2H3. The Morgan fingerprint density at radius 1 is 1.15 bits per heavy atom. The van der Waals surface area contributed by atoms with Gasteiger partial charge in [0.25, 0.3) is 0 Å². The van der Waals surface area contributed by atoms with E-state index in [4.69, 9.17) is 5.26 Å². The molecule has 0 bridgehead atoms. The van der Waals surface area contributed by atoms with Crippen LogP contribution < -0.4 is 4.90 Å². The van der Waals surface area contributed by atoms with Crippen molar-refractivity contribution in [3.05, 3.63) is 51.9 Å². The average Bonchev–Trinajstić information content (AvgIpc) is 2.86. The van der Waals surface area contributed by atoms with E-state index in [1.165, 1.54) is 0 Å². The molecule has 98 valence electrons. The number of hydrogen-bond acceptors (Lipinski definition) is 5. The van der Waals surface area contributed by atoms with Crippen LogP contribution in [-0.4, -0.2) is 19.9 Å². The average molecular weight is 281 g/mol. The van der Waals surface area contributed by atoms with Crippen molar-refractivity contribution in [2.45, 2.75) is 0 Å². The molecular weight excluding hydrogens is 270 g/mol. The molecule has 0 spiro atoms. The summed E-state index contributed by atoms with van der Waals surface area (Å²) in [4.78, 5) is 14.6. The van der Waals surface area contributed by atoms with E-state index in [2.05, 4.69) is 0 Å². The van der Waals surface area contributed by atoms with Crippen LogP contribution in [-0.2, 0) is 0 Å². The number of ketones is 1. The monoisotopic (exact) mass is 281 g/mol. The largest absolute Gasteiger partial charge is 0.369 e. The van der Waals surface area contributed by atoms with Gasteiger partial charge in [-0.1, -0.05) is 30.3 Å². The highest BCUT2D eigenvalue weighted by atomic mass is 32.1. The molecule has 0 amide bonds. The molecule has 0 N–H and O–H groups in total. The predicted molar refractivity (Wildman–Crippen MR) is 78.0 cm³/mol. The fraction of sp³-hybridized carbons (Fsp3) is 0.133. The van der Waals surface area contributed by atoms with Crippen LogP contribution in [0, 0.1) is 22.7 Å². The molecule has 0 fully saturated rings. The minimum Gasteiger partial charge on any atom is -0.369 e. The van der Waals surface area contributed by atoms with Crippen LogP contribution in [0.4, 0.5) is 5.00 Å². The second kappa shape index (κ2) is 5.56. The fourth-order valence-electron chi connectivity index (χ4n) is 1.86. The summed E-state index contributed by atoms with van der Waals surface area (Å²) in [5.41, 5.74) is 0.981. The van der Waals surface area contributed by atoms with E-state index in [0.717, 1.165) is 11.3 Å². The number of carbonyl (C=O) groups excluding carboxylic acids is 1. The van der Waals surface area contributed by atoms with Crippen LogP contribution >= 0.6 is 11.3 Å². The van der Waals surface area contributed by atoms with E-state index in [0.29, 0.717) is 16.1 Å². The van der Waals surface area contributed by atoms with Crippen molar-refractivity contribution < 1.29 is 4.79 Å². The van der Waals surface area contributed by atoms with Gasteiger partial charge in [0.1, 0.15) is 22.0 Å². The Balaban J connectivity index is 2.68. The van der Waals surface area contributed by atoms with Crippen LogP contribution in [0.15, 0.2) is 30.3 Å². The predicted octanol–water partition coefficient (Wildman–Crippen LogP) is 2.79. The van der Waals surface area contributed by atoms with Gasteiger partial charge < -0.3 is 4.90 Å². The Morgan fingerprint density at radius 2 is 1.80 bits per heavy atom. The van der Waals surface area contributed by atoms with E-state index >= 15 is 0 Å². The summed E-state index contributed by atoms with van der Waals surface area (Å²) in [6.07, 6.45) is 0. The summed E-state index contributed by atoms with van der Waals surface area (Å²) < 4.78 is 0. The summed E-state index contributed by atoms with van der Waals surface area (Å²) in [5, 5.41) is 19.0. The highest BCUT2D eigenvalue weighted by molar-refractivity contribution is 7.17. The molecule has 0 atom stereocenters. The number of benzene rings is 1. The van der Waals surface area contributed by atoms with Crippen molar-refractivity contribution in [3.63, 3.8) is 0 Å². The minimum atomic E-state index is -0.233. The van der Waals surface area contributed by atoms with Gasteiger partial charge in [-0.05, 0) is 0 Å². The van der Waals surface area contributed by atoms with Crippen LogP contribution in [0.5, 0.6) is 0 Å². The lowest BCUT2D eigenvalue weighted by Crippen LogP contribution is -2.13. The first-order chi connectivity index (χ1) is 9.60. The highest BCUT2D eigenvalue weighted by Gasteiger charge is 2.25. The second-order valence-electron chi connectivity index (χ2n) is 4.30. The van der Waals surface area contributed by atoms with Gasteiger partial charge >= 0.3 is 0 Å². The summed E-state index contributed by atoms with van der Waals surface area (Å²) in [6, 6.07) is 12.7. The number of nitrogens with zero attached hydrogens (tertiary/aromatic N) is 3. The topological polar surface area (TPSA) is 67.9 Å². The molecule has 4 nitrogen and oxygen atoms in total. The van der Waals surface area contributed by atoms with Gasteiger partial charge in [0.05, 0.1) is 11.1 Å². The van der Waals surface area contributed by atoms with Gasteiger partial charge in [-0.25, -0.2) is 0 Å². The molecule has 0 radical (unpaired) electrons. The minimum absolute atomic E-state index is 0.162. The van der Waals surface area contributed by atoms with E-state index in [1.807, 2.05) is 18.2 Å². The molecule has 1 aromatic carbocycles. The van der Waals surface area contributed by atoms with Crippen LogP contribution in [0.2, 0.25) is 0 Å². The Hall–Kier alpha value is -2.63. The van der Waals surface area contributed by atoms with Crippen molar-refractivity contribution in [1.82, 2.24) is 0 Å². The first-order valence-corrected chi connectivity index (χ1v) is 6.65. The molecule has 1 heterocycles. The molecule has 0 aliphatic rings. The van der Waals surface area contributed by atoms with Crippen molar-refractivity contribution >= 4 is 22.1 Å². The van der Waals surface area contributed by atoms with E-state index in [-0.39, 0.29) is 16.2 Å². The molecule has 5 heteroatoms. The Morgan fingerprint density at radius 3 is 2.30 bits per heavy atom. The first kappa shape index (κ1) is 13.8. The third-order valence-electron chi connectivity index (χ3n) is 2.77. The second-order valence-corrected chi connectivity index (χ2v) is 5.30. The normalized spacial score (nSPS) is 9.60.